The minimum atomic E-state index is 0.359. The van der Waals surface area contributed by atoms with Crippen LogP contribution in [0.1, 0.15) is 31.7 Å². The van der Waals surface area contributed by atoms with Gasteiger partial charge in [0.15, 0.2) is 5.82 Å². The fourth-order valence-electron chi connectivity index (χ4n) is 1.91. The fourth-order valence-corrected chi connectivity index (χ4v) is 2.08. The van der Waals surface area contributed by atoms with Crippen LogP contribution < -0.4 is 11.1 Å². The maximum absolute atomic E-state index is 5.64. The van der Waals surface area contributed by atoms with Gasteiger partial charge in [-0.25, -0.2) is 0 Å². The molecular weight excluding hydrogens is 220 g/mol. The molecule has 0 aromatic carbocycles. The smallest absolute Gasteiger partial charge is 0.159 e. The van der Waals surface area contributed by atoms with Crippen molar-refractivity contribution in [2.24, 2.45) is 11.7 Å². The van der Waals surface area contributed by atoms with Crippen molar-refractivity contribution in [1.82, 2.24) is 10.2 Å². The molecule has 0 spiro atoms. The molecule has 5 heteroatoms. The van der Waals surface area contributed by atoms with E-state index in [0.717, 1.165) is 11.5 Å². The summed E-state index contributed by atoms with van der Waals surface area (Å²) in [4.78, 5) is 0.359. The van der Waals surface area contributed by atoms with Crippen molar-refractivity contribution in [2.45, 2.75) is 32.2 Å². The van der Waals surface area contributed by atoms with E-state index in [1.807, 2.05) is 0 Å². The molecule has 16 heavy (non-hydrogen) atoms. The van der Waals surface area contributed by atoms with Crippen molar-refractivity contribution in [2.75, 3.05) is 5.32 Å². The standard InChI is InChI=1S/C11H16N4S/c1-7(8-3-2-4-8)14-11-9(10(12)16)5-6-13-15-11/h5-8H,2-4H2,1H3,(H2,12,16)(H,14,15). The maximum Gasteiger partial charge on any atom is 0.159 e. The minimum Gasteiger partial charge on any atom is -0.389 e. The zero-order chi connectivity index (χ0) is 11.5. The highest BCUT2D eigenvalue weighted by Gasteiger charge is 2.24. The van der Waals surface area contributed by atoms with E-state index in [0.29, 0.717) is 16.8 Å². The summed E-state index contributed by atoms with van der Waals surface area (Å²) in [5, 5.41) is 11.3. The molecule has 1 saturated carbocycles. The second kappa shape index (κ2) is 4.74. The van der Waals surface area contributed by atoms with Crippen LogP contribution in [0, 0.1) is 5.92 Å². The average molecular weight is 236 g/mol. The molecule has 1 aliphatic rings. The largest absolute Gasteiger partial charge is 0.389 e. The van der Waals surface area contributed by atoms with Crippen molar-refractivity contribution in [1.29, 1.82) is 0 Å². The summed E-state index contributed by atoms with van der Waals surface area (Å²) in [5.41, 5.74) is 6.41. The van der Waals surface area contributed by atoms with E-state index in [1.54, 1.807) is 12.3 Å². The van der Waals surface area contributed by atoms with E-state index in [9.17, 15) is 0 Å². The van der Waals surface area contributed by atoms with Gasteiger partial charge in [-0.3, -0.25) is 0 Å². The van der Waals surface area contributed by atoms with Gasteiger partial charge in [0.25, 0.3) is 0 Å². The fraction of sp³-hybridized carbons (Fsp3) is 0.545. The Hall–Kier alpha value is -1.23. The first kappa shape index (κ1) is 11.3. The molecule has 3 N–H and O–H groups in total. The highest BCUT2D eigenvalue weighted by molar-refractivity contribution is 7.80. The monoisotopic (exact) mass is 236 g/mol. The Morgan fingerprint density at radius 3 is 2.94 bits per heavy atom. The Kier molecular flexibility index (Phi) is 3.33. The van der Waals surface area contributed by atoms with Crippen LogP contribution in [0.4, 0.5) is 5.82 Å². The molecule has 2 rings (SSSR count). The summed E-state index contributed by atoms with van der Waals surface area (Å²) in [6, 6.07) is 2.20. The summed E-state index contributed by atoms with van der Waals surface area (Å²) in [5.74, 6) is 1.44. The molecule has 1 unspecified atom stereocenters. The van der Waals surface area contributed by atoms with Crippen LogP contribution in [0.25, 0.3) is 0 Å². The third-order valence-corrected chi connectivity index (χ3v) is 3.43. The zero-order valence-corrected chi connectivity index (χ0v) is 10.1. The number of hydrogen-bond donors (Lipinski definition) is 2. The number of nitrogens with two attached hydrogens (primary N) is 1. The Balaban J connectivity index is 2.10. The molecule has 1 atom stereocenters. The van der Waals surface area contributed by atoms with Crippen molar-refractivity contribution in [3.63, 3.8) is 0 Å². The lowest BCUT2D eigenvalue weighted by atomic mass is 9.80. The van der Waals surface area contributed by atoms with E-state index in [2.05, 4.69) is 22.4 Å². The number of nitrogens with one attached hydrogen (secondary N) is 1. The summed E-state index contributed by atoms with van der Waals surface area (Å²) >= 11 is 4.98. The lowest BCUT2D eigenvalue weighted by Crippen LogP contribution is -2.32. The highest BCUT2D eigenvalue weighted by atomic mass is 32.1. The highest BCUT2D eigenvalue weighted by Crippen LogP contribution is 2.31. The summed E-state index contributed by atoms with van der Waals surface area (Å²) in [7, 11) is 0. The Bertz CT molecular complexity index is 389. The molecule has 0 amide bonds. The number of nitrogens with zero attached hydrogens (tertiary/aromatic N) is 2. The molecule has 0 aliphatic heterocycles. The quantitative estimate of drug-likeness (QED) is 0.779. The molecule has 1 aromatic rings. The van der Waals surface area contributed by atoms with Gasteiger partial charge >= 0.3 is 0 Å². The number of aromatic nitrogens is 2. The van der Waals surface area contributed by atoms with Gasteiger partial charge in [0.2, 0.25) is 0 Å². The lowest BCUT2D eigenvalue weighted by molar-refractivity contribution is 0.285. The number of anilines is 1. The second-order valence-electron chi connectivity index (χ2n) is 4.28. The molecule has 4 nitrogen and oxygen atoms in total. The first-order chi connectivity index (χ1) is 7.68. The van der Waals surface area contributed by atoms with Gasteiger partial charge < -0.3 is 11.1 Å². The number of rotatable bonds is 4. The predicted molar refractivity (Wildman–Crippen MR) is 68.3 cm³/mol. The van der Waals surface area contributed by atoms with Gasteiger partial charge in [-0.1, -0.05) is 18.6 Å². The Labute approximate surface area is 101 Å². The third kappa shape index (κ3) is 2.29. The number of thiocarbonyl (C=S) groups is 1. The van der Waals surface area contributed by atoms with Gasteiger partial charge in [-0.05, 0) is 31.7 Å². The lowest BCUT2D eigenvalue weighted by Gasteiger charge is -2.32. The molecule has 1 heterocycles. The minimum absolute atomic E-state index is 0.359. The maximum atomic E-state index is 5.64. The van der Waals surface area contributed by atoms with E-state index in [1.165, 1.54) is 19.3 Å². The van der Waals surface area contributed by atoms with Gasteiger partial charge in [0, 0.05) is 6.04 Å². The summed E-state index contributed by atoms with van der Waals surface area (Å²) in [6.45, 7) is 2.17. The normalized spacial score (nSPS) is 17.6. The Morgan fingerprint density at radius 2 is 2.38 bits per heavy atom. The van der Waals surface area contributed by atoms with Crippen LogP contribution in [0.2, 0.25) is 0 Å². The summed E-state index contributed by atoms with van der Waals surface area (Å²) < 4.78 is 0. The first-order valence-electron chi connectivity index (χ1n) is 5.56. The molecule has 0 radical (unpaired) electrons. The zero-order valence-electron chi connectivity index (χ0n) is 9.31. The predicted octanol–water partition coefficient (Wildman–Crippen LogP) is 1.71. The Morgan fingerprint density at radius 1 is 1.62 bits per heavy atom. The van der Waals surface area contributed by atoms with Crippen LogP contribution in [0.15, 0.2) is 12.3 Å². The van der Waals surface area contributed by atoms with Crippen LogP contribution >= 0.6 is 12.2 Å². The van der Waals surface area contributed by atoms with E-state index in [-0.39, 0.29) is 0 Å². The van der Waals surface area contributed by atoms with E-state index in [4.69, 9.17) is 18.0 Å². The molecule has 1 fully saturated rings. The van der Waals surface area contributed by atoms with Crippen molar-refractivity contribution in [3.05, 3.63) is 17.8 Å². The molecular formula is C11H16N4S. The third-order valence-electron chi connectivity index (χ3n) is 3.21. The molecule has 1 aromatic heterocycles. The van der Waals surface area contributed by atoms with Gasteiger partial charge in [-0.15, -0.1) is 5.10 Å². The topological polar surface area (TPSA) is 63.8 Å². The van der Waals surface area contributed by atoms with Crippen molar-refractivity contribution < 1.29 is 0 Å². The van der Waals surface area contributed by atoms with Crippen LogP contribution in [0.3, 0.4) is 0 Å². The summed E-state index contributed by atoms with van der Waals surface area (Å²) in [6.07, 6.45) is 5.51. The van der Waals surface area contributed by atoms with Gasteiger partial charge in [0.1, 0.15) is 4.99 Å². The molecule has 0 bridgehead atoms. The molecule has 1 aliphatic carbocycles. The van der Waals surface area contributed by atoms with Gasteiger partial charge in [0.05, 0.1) is 11.8 Å². The average Bonchev–Trinajstić information content (AvgIpc) is 2.15. The van der Waals surface area contributed by atoms with Crippen LogP contribution in [-0.4, -0.2) is 21.2 Å². The van der Waals surface area contributed by atoms with E-state index >= 15 is 0 Å². The number of hydrogen-bond acceptors (Lipinski definition) is 4. The SMILES string of the molecule is CC(Nc1nnccc1C(N)=S)C1CCC1. The first-order valence-corrected chi connectivity index (χ1v) is 5.97. The van der Waals surface area contributed by atoms with Crippen molar-refractivity contribution >= 4 is 23.0 Å². The van der Waals surface area contributed by atoms with Crippen LogP contribution in [-0.2, 0) is 0 Å². The van der Waals surface area contributed by atoms with Gasteiger partial charge in [-0.2, -0.15) is 5.10 Å². The van der Waals surface area contributed by atoms with E-state index < -0.39 is 0 Å². The molecule has 86 valence electrons. The second-order valence-corrected chi connectivity index (χ2v) is 4.72. The van der Waals surface area contributed by atoms with Crippen LogP contribution in [0.5, 0.6) is 0 Å². The van der Waals surface area contributed by atoms with Crippen molar-refractivity contribution in [3.8, 4) is 0 Å². The molecule has 0 saturated heterocycles.